The molecule has 0 aliphatic carbocycles. The van der Waals surface area contributed by atoms with Crippen LogP contribution in [0.2, 0.25) is 0 Å². The summed E-state index contributed by atoms with van der Waals surface area (Å²) in [6, 6.07) is 9.97. The minimum atomic E-state index is -4.94. The molecule has 3 rings (SSSR count). The van der Waals surface area contributed by atoms with Crippen molar-refractivity contribution in [3.8, 4) is 11.5 Å². The van der Waals surface area contributed by atoms with Crippen LogP contribution >= 0.6 is 0 Å². The molecular weight excluding hydrogens is 321 g/mol. The van der Waals surface area contributed by atoms with Crippen LogP contribution < -0.4 is 5.32 Å². The fourth-order valence-electron chi connectivity index (χ4n) is 2.43. The van der Waals surface area contributed by atoms with Gasteiger partial charge in [-0.2, -0.15) is 13.2 Å². The third-order valence-electron chi connectivity index (χ3n) is 3.37. The second-order valence-electron chi connectivity index (χ2n) is 5.53. The lowest BCUT2D eigenvalue weighted by Crippen LogP contribution is -2.29. The normalized spacial score (nSPS) is 11.7. The lowest BCUT2D eigenvalue weighted by atomic mass is 10.1. The van der Waals surface area contributed by atoms with E-state index >= 15 is 0 Å². The molecule has 0 bridgehead atoms. The van der Waals surface area contributed by atoms with Crippen molar-refractivity contribution in [3.63, 3.8) is 0 Å². The van der Waals surface area contributed by atoms with Gasteiger partial charge < -0.3 is 9.73 Å². The van der Waals surface area contributed by atoms with Gasteiger partial charge in [-0.15, -0.1) is 0 Å². The van der Waals surface area contributed by atoms with Crippen molar-refractivity contribution in [1.29, 1.82) is 0 Å². The van der Waals surface area contributed by atoms with Gasteiger partial charge in [0.1, 0.15) is 5.52 Å². The Labute approximate surface area is 135 Å². The van der Waals surface area contributed by atoms with Crippen LogP contribution in [0.25, 0.3) is 22.6 Å². The van der Waals surface area contributed by atoms with E-state index in [0.29, 0.717) is 17.0 Å². The lowest BCUT2D eigenvalue weighted by Gasteiger charge is -2.07. The van der Waals surface area contributed by atoms with Gasteiger partial charge in [-0.3, -0.25) is 4.79 Å². The van der Waals surface area contributed by atoms with E-state index in [1.165, 1.54) is 18.2 Å². The summed E-state index contributed by atoms with van der Waals surface area (Å²) >= 11 is 0. The number of aromatic nitrogens is 1. The van der Waals surface area contributed by atoms with E-state index in [9.17, 15) is 18.0 Å². The number of hydrogen-bond donors (Lipinski definition) is 1. The average molecular weight is 334 g/mol. The first-order valence-electron chi connectivity index (χ1n) is 7.10. The molecule has 1 amide bonds. The van der Waals surface area contributed by atoms with Gasteiger partial charge >= 0.3 is 12.1 Å². The van der Waals surface area contributed by atoms with Gasteiger partial charge in [0, 0.05) is 11.3 Å². The highest BCUT2D eigenvalue weighted by atomic mass is 19.4. The van der Waals surface area contributed by atoms with E-state index in [1.54, 1.807) is 5.32 Å². The van der Waals surface area contributed by atoms with Gasteiger partial charge in [0.25, 0.3) is 0 Å². The Kier molecular flexibility index (Phi) is 3.79. The van der Waals surface area contributed by atoms with Crippen LogP contribution in [0.3, 0.4) is 0 Å². The van der Waals surface area contributed by atoms with Gasteiger partial charge in [-0.25, -0.2) is 4.98 Å². The molecule has 2 aromatic carbocycles. The van der Waals surface area contributed by atoms with Crippen LogP contribution in [0.1, 0.15) is 11.1 Å². The quantitative estimate of drug-likeness (QED) is 0.744. The van der Waals surface area contributed by atoms with Crippen LogP contribution in [0.4, 0.5) is 18.9 Å². The van der Waals surface area contributed by atoms with Crippen molar-refractivity contribution in [2.45, 2.75) is 20.0 Å². The number of anilines is 1. The number of hydrogen-bond acceptors (Lipinski definition) is 3. The molecule has 3 aromatic rings. The number of nitrogens with one attached hydrogen (secondary N) is 1. The highest BCUT2D eigenvalue weighted by Crippen LogP contribution is 2.28. The lowest BCUT2D eigenvalue weighted by molar-refractivity contribution is -0.167. The zero-order chi connectivity index (χ0) is 17.5. The molecule has 0 spiro atoms. The topological polar surface area (TPSA) is 55.1 Å². The molecule has 0 aliphatic rings. The molecular formula is C17H13F3N2O2. The summed E-state index contributed by atoms with van der Waals surface area (Å²) in [6.07, 6.45) is -4.94. The molecule has 0 atom stereocenters. The number of nitrogens with zero attached hydrogens (tertiary/aromatic N) is 1. The second kappa shape index (κ2) is 5.67. The van der Waals surface area contributed by atoms with Gasteiger partial charge in [0.05, 0.1) is 0 Å². The number of alkyl halides is 3. The minimum Gasteiger partial charge on any atom is -0.436 e. The highest BCUT2D eigenvalue weighted by molar-refractivity contribution is 5.96. The smallest absolute Gasteiger partial charge is 0.436 e. The molecule has 0 radical (unpaired) electrons. The van der Waals surface area contributed by atoms with Crippen LogP contribution in [0.5, 0.6) is 0 Å². The summed E-state index contributed by atoms with van der Waals surface area (Å²) in [5.41, 5.74) is 3.67. The summed E-state index contributed by atoms with van der Waals surface area (Å²) in [5.74, 6) is -1.66. The number of fused-ring (bicyclic) bond motifs is 1. The van der Waals surface area contributed by atoms with Gasteiger partial charge in [0.15, 0.2) is 5.58 Å². The molecule has 1 aromatic heterocycles. The van der Waals surface area contributed by atoms with E-state index in [0.717, 1.165) is 16.7 Å². The van der Waals surface area contributed by atoms with E-state index in [4.69, 9.17) is 4.42 Å². The van der Waals surface area contributed by atoms with Crippen LogP contribution in [-0.4, -0.2) is 17.1 Å². The maximum absolute atomic E-state index is 12.3. The van der Waals surface area contributed by atoms with Crippen LogP contribution in [0.15, 0.2) is 40.8 Å². The summed E-state index contributed by atoms with van der Waals surface area (Å²) in [7, 11) is 0. The SMILES string of the molecule is Cc1cc(C)cc(-c2nc3cc(NC(=O)C(F)(F)F)ccc3o2)c1. The zero-order valence-electron chi connectivity index (χ0n) is 12.9. The zero-order valence-corrected chi connectivity index (χ0v) is 12.9. The van der Waals surface area contributed by atoms with Crippen molar-refractivity contribution >= 4 is 22.7 Å². The first-order valence-corrected chi connectivity index (χ1v) is 7.10. The van der Waals surface area contributed by atoms with Crippen molar-refractivity contribution in [1.82, 2.24) is 4.98 Å². The van der Waals surface area contributed by atoms with Gasteiger partial charge in [0.2, 0.25) is 5.89 Å². The molecule has 0 unspecified atom stereocenters. The molecule has 124 valence electrons. The maximum Gasteiger partial charge on any atom is 0.471 e. The van der Waals surface area contributed by atoms with E-state index in [-0.39, 0.29) is 5.69 Å². The predicted octanol–water partition coefficient (Wildman–Crippen LogP) is 4.61. The van der Waals surface area contributed by atoms with E-state index in [2.05, 4.69) is 4.98 Å². The molecule has 0 aliphatic heterocycles. The average Bonchev–Trinajstić information content (AvgIpc) is 2.88. The summed E-state index contributed by atoms with van der Waals surface area (Å²) in [5, 5.41) is 1.80. The monoisotopic (exact) mass is 334 g/mol. The molecule has 24 heavy (non-hydrogen) atoms. The van der Waals surface area contributed by atoms with Crippen LogP contribution in [0, 0.1) is 13.8 Å². The maximum atomic E-state index is 12.3. The van der Waals surface area contributed by atoms with Crippen molar-refractivity contribution in [2.24, 2.45) is 0 Å². The molecule has 1 N–H and O–H groups in total. The fraction of sp³-hybridized carbons (Fsp3) is 0.176. The third-order valence-corrected chi connectivity index (χ3v) is 3.37. The molecule has 0 saturated carbocycles. The van der Waals surface area contributed by atoms with E-state index < -0.39 is 12.1 Å². The number of benzene rings is 2. The molecule has 0 saturated heterocycles. The highest BCUT2D eigenvalue weighted by Gasteiger charge is 2.38. The Hall–Kier alpha value is -2.83. The first-order chi connectivity index (χ1) is 11.2. The van der Waals surface area contributed by atoms with Gasteiger partial charge in [-0.1, -0.05) is 17.2 Å². The Morgan fingerprint density at radius 1 is 1.08 bits per heavy atom. The van der Waals surface area contributed by atoms with Crippen molar-refractivity contribution < 1.29 is 22.4 Å². The fourth-order valence-corrected chi connectivity index (χ4v) is 2.43. The van der Waals surface area contributed by atoms with E-state index in [1.807, 2.05) is 32.0 Å². The Morgan fingerprint density at radius 3 is 2.38 bits per heavy atom. The standard InChI is InChI=1S/C17H13F3N2O2/c1-9-5-10(2)7-11(6-9)15-22-13-8-12(3-4-14(13)24-15)21-16(23)17(18,19)20/h3-8H,1-2H3,(H,21,23). The molecule has 0 fully saturated rings. The summed E-state index contributed by atoms with van der Waals surface area (Å²) in [4.78, 5) is 15.3. The predicted molar refractivity (Wildman–Crippen MR) is 83.6 cm³/mol. The third kappa shape index (κ3) is 3.24. The van der Waals surface area contributed by atoms with Crippen LogP contribution in [-0.2, 0) is 4.79 Å². The first kappa shape index (κ1) is 16.0. The number of halogens is 3. The number of aryl methyl sites for hydroxylation is 2. The number of carbonyl (C=O) groups is 1. The number of carbonyl (C=O) groups excluding carboxylic acids is 1. The Morgan fingerprint density at radius 2 is 1.75 bits per heavy atom. The minimum absolute atomic E-state index is 0.00472. The summed E-state index contributed by atoms with van der Waals surface area (Å²) in [6.45, 7) is 3.90. The van der Waals surface area contributed by atoms with Crippen molar-refractivity contribution in [3.05, 3.63) is 47.5 Å². The molecule has 1 heterocycles. The number of oxazole rings is 1. The summed E-state index contributed by atoms with van der Waals surface area (Å²) < 4.78 is 42.6. The largest absolute Gasteiger partial charge is 0.471 e. The number of amides is 1. The Bertz CT molecular complexity index is 909. The second-order valence-corrected chi connectivity index (χ2v) is 5.53. The van der Waals surface area contributed by atoms with Crippen molar-refractivity contribution in [2.75, 3.05) is 5.32 Å². The van der Waals surface area contributed by atoms with Gasteiger partial charge in [-0.05, 0) is 44.2 Å². The molecule has 4 nitrogen and oxygen atoms in total. The Balaban J connectivity index is 1.96. The molecule has 7 heteroatoms. The number of rotatable bonds is 2.